The van der Waals surface area contributed by atoms with Crippen LogP contribution in [-0.4, -0.2) is 19.9 Å². The summed E-state index contributed by atoms with van der Waals surface area (Å²) in [6.07, 6.45) is 1.47. The van der Waals surface area contributed by atoms with E-state index < -0.39 is 11.6 Å². The van der Waals surface area contributed by atoms with Gasteiger partial charge in [0.1, 0.15) is 22.8 Å². The molecule has 3 N–H and O–H groups in total. The van der Waals surface area contributed by atoms with Crippen LogP contribution in [0.25, 0.3) is 11.2 Å². The fourth-order valence-electron chi connectivity index (χ4n) is 2.35. The van der Waals surface area contributed by atoms with Gasteiger partial charge in [-0.05, 0) is 24.3 Å². The first kappa shape index (κ1) is 16.2. The van der Waals surface area contributed by atoms with Crippen molar-refractivity contribution in [3.8, 4) is 0 Å². The maximum Gasteiger partial charge on any atom is 0.229 e. The van der Waals surface area contributed by atoms with Crippen LogP contribution in [-0.2, 0) is 0 Å². The zero-order valence-electron chi connectivity index (χ0n) is 13.1. The van der Waals surface area contributed by atoms with Crippen LogP contribution in [0.4, 0.5) is 32.1 Å². The quantitative estimate of drug-likeness (QED) is 0.481. The monoisotopic (exact) mass is 372 g/mol. The molecule has 2 heterocycles. The summed E-state index contributed by atoms with van der Waals surface area (Å²) in [7, 11) is 0. The van der Waals surface area contributed by atoms with Crippen molar-refractivity contribution in [2.24, 2.45) is 0 Å². The number of para-hydroxylation sites is 2. The van der Waals surface area contributed by atoms with Crippen molar-refractivity contribution >= 4 is 46.0 Å². The van der Waals surface area contributed by atoms with Crippen LogP contribution in [0.2, 0.25) is 5.02 Å². The number of hydrogen-bond donors (Lipinski definition) is 3. The molecule has 0 aliphatic carbocycles. The number of imidazole rings is 1. The molecule has 0 atom stereocenters. The van der Waals surface area contributed by atoms with E-state index in [0.29, 0.717) is 27.8 Å². The van der Waals surface area contributed by atoms with Crippen molar-refractivity contribution < 1.29 is 8.78 Å². The third-order valence-corrected chi connectivity index (χ3v) is 3.90. The van der Waals surface area contributed by atoms with E-state index >= 15 is 0 Å². The second-order valence-electron chi connectivity index (χ2n) is 5.34. The standard InChI is InChI=1S/C17H11ClF2N6/c18-9-4-1-2-7-12(9)22-17-23-13-8-21-16(25-15(13)26-17)24-14-10(19)5-3-6-11(14)20/h1-8H,(H3,21,22,23,24,25,26). The van der Waals surface area contributed by atoms with Gasteiger partial charge in [-0.25, -0.2) is 13.8 Å². The van der Waals surface area contributed by atoms with Crippen molar-refractivity contribution in [1.82, 2.24) is 19.9 Å². The summed E-state index contributed by atoms with van der Waals surface area (Å²) in [6.45, 7) is 0. The van der Waals surface area contributed by atoms with Gasteiger partial charge in [0.15, 0.2) is 5.65 Å². The van der Waals surface area contributed by atoms with E-state index in [1.165, 1.54) is 12.3 Å². The largest absolute Gasteiger partial charge is 0.324 e. The number of anilines is 4. The lowest BCUT2D eigenvalue weighted by Crippen LogP contribution is -2.01. The highest BCUT2D eigenvalue weighted by Crippen LogP contribution is 2.25. The number of benzene rings is 2. The van der Waals surface area contributed by atoms with Crippen LogP contribution in [0.15, 0.2) is 48.7 Å². The van der Waals surface area contributed by atoms with Crippen molar-refractivity contribution in [3.05, 3.63) is 65.3 Å². The lowest BCUT2D eigenvalue weighted by atomic mass is 10.3. The van der Waals surface area contributed by atoms with Gasteiger partial charge in [0, 0.05) is 0 Å². The van der Waals surface area contributed by atoms with Crippen molar-refractivity contribution in [2.45, 2.75) is 0 Å². The molecule has 26 heavy (non-hydrogen) atoms. The number of nitrogens with zero attached hydrogens (tertiary/aromatic N) is 3. The fourth-order valence-corrected chi connectivity index (χ4v) is 2.53. The highest BCUT2D eigenvalue weighted by molar-refractivity contribution is 6.33. The summed E-state index contributed by atoms with van der Waals surface area (Å²) in [5.41, 5.74) is 1.23. The summed E-state index contributed by atoms with van der Waals surface area (Å²) in [5.74, 6) is -1.04. The number of rotatable bonds is 4. The smallest absolute Gasteiger partial charge is 0.229 e. The molecule has 0 unspecified atom stereocenters. The molecular formula is C17H11ClF2N6. The van der Waals surface area contributed by atoms with E-state index in [1.807, 2.05) is 12.1 Å². The molecule has 6 nitrogen and oxygen atoms in total. The summed E-state index contributed by atoms with van der Waals surface area (Å²) in [6, 6.07) is 10.8. The van der Waals surface area contributed by atoms with Crippen LogP contribution in [0, 0.1) is 11.6 Å². The number of hydrogen-bond acceptors (Lipinski definition) is 5. The summed E-state index contributed by atoms with van der Waals surface area (Å²) in [4.78, 5) is 15.5. The van der Waals surface area contributed by atoms with Gasteiger partial charge < -0.3 is 15.6 Å². The second-order valence-corrected chi connectivity index (χ2v) is 5.75. The Kier molecular flexibility index (Phi) is 4.10. The normalized spacial score (nSPS) is 10.9. The summed E-state index contributed by atoms with van der Waals surface area (Å²) < 4.78 is 27.5. The minimum atomic E-state index is -0.739. The van der Waals surface area contributed by atoms with Crippen LogP contribution >= 0.6 is 11.6 Å². The first-order chi connectivity index (χ1) is 12.6. The molecule has 2 aromatic carbocycles. The Morgan fingerprint density at radius 2 is 1.69 bits per heavy atom. The molecule has 4 rings (SSSR count). The van der Waals surface area contributed by atoms with E-state index in [2.05, 4.69) is 30.6 Å². The highest BCUT2D eigenvalue weighted by atomic mass is 35.5. The zero-order valence-corrected chi connectivity index (χ0v) is 13.9. The molecular weight excluding hydrogens is 362 g/mol. The van der Waals surface area contributed by atoms with E-state index in [1.54, 1.807) is 12.1 Å². The van der Waals surface area contributed by atoms with Gasteiger partial charge in [-0.3, -0.25) is 0 Å². The number of fused-ring (bicyclic) bond motifs is 1. The van der Waals surface area contributed by atoms with Gasteiger partial charge in [0.05, 0.1) is 16.9 Å². The third-order valence-electron chi connectivity index (χ3n) is 3.57. The Balaban J connectivity index is 1.63. The Bertz CT molecular complexity index is 1080. The van der Waals surface area contributed by atoms with Gasteiger partial charge in [-0.2, -0.15) is 9.97 Å². The molecule has 0 radical (unpaired) electrons. The van der Waals surface area contributed by atoms with Crippen molar-refractivity contribution in [2.75, 3.05) is 10.6 Å². The fraction of sp³-hybridized carbons (Fsp3) is 0. The zero-order chi connectivity index (χ0) is 18.1. The SMILES string of the molecule is Fc1cccc(F)c1Nc1ncc2[nH]c(Nc3ccccc3Cl)nc2n1. The molecule has 0 spiro atoms. The Labute approximate surface area is 151 Å². The molecule has 2 aromatic heterocycles. The first-order valence-electron chi connectivity index (χ1n) is 7.55. The Morgan fingerprint density at radius 3 is 2.46 bits per heavy atom. The summed E-state index contributed by atoms with van der Waals surface area (Å²) >= 11 is 6.10. The molecule has 0 aliphatic heterocycles. The Hall–Kier alpha value is -3.26. The molecule has 0 fully saturated rings. The average Bonchev–Trinajstić information content (AvgIpc) is 3.02. The Morgan fingerprint density at radius 1 is 0.923 bits per heavy atom. The maximum atomic E-state index is 13.7. The second kappa shape index (κ2) is 6.57. The number of aromatic nitrogens is 4. The number of H-pyrrole nitrogens is 1. The lowest BCUT2D eigenvalue weighted by Gasteiger charge is -2.06. The van der Waals surface area contributed by atoms with Gasteiger partial charge in [0.2, 0.25) is 11.9 Å². The average molecular weight is 373 g/mol. The predicted octanol–water partition coefficient (Wildman–Crippen LogP) is 4.77. The van der Waals surface area contributed by atoms with Crippen LogP contribution in [0.5, 0.6) is 0 Å². The molecule has 9 heteroatoms. The number of aromatic amines is 1. The molecule has 0 saturated carbocycles. The molecule has 0 bridgehead atoms. The van der Waals surface area contributed by atoms with Crippen molar-refractivity contribution in [3.63, 3.8) is 0 Å². The van der Waals surface area contributed by atoms with Crippen LogP contribution in [0.1, 0.15) is 0 Å². The van der Waals surface area contributed by atoms with Gasteiger partial charge in [0.25, 0.3) is 0 Å². The maximum absolute atomic E-state index is 13.7. The third kappa shape index (κ3) is 3.14. The van der Waals surface area contributed by atoms with Gasteiger partial charge in [-0.1, -0.05) is 29.8 Å². The van der Waals surface area contributed by atoms with Gasteiger partial charge >= 0.3 is 0 Å². The topological polar surface area (TPSA) is 78.5 Å². The summed E-state index contributed by atoms with van der Waals surface area (Å²) in [5, 5.41) is 6.11. The molecule has 0 amide bonds. The number of nitrogens with one attached hydrogen (secondary N) is 3. The van der Waals surface area contributed by atoms with E-state index in [-0.39, 0.29) is 11.6 Å². The number of halogens is 3. The minimum Gasteiger partial charge on any atom is -0.324 e. The minimum absolute atomic E-state index is 0.0253. The van der Waals surface area contributed by atoms with Crippen LogP contribution < -0.4 is 10.6 Å². The first-order valence-corrected chi connectivity index (χ1v) is 7.93. The molecule has 4 aromatic rings. The lowest BCUT2D eigenvalue weighted by molar-refractivity contribution is 0.590. The highest BCUT2D eigenvalue weighted by Gasteiger charge is 2.12. The van der Waals surface area contributed by atoms with E-state index in [0.717, 1.165) is 12.1 Å². The van der Waals surface area contributed by atoms with Crippen LogP contribution in [0.3, 0.4) is 0 Å². The van der Waals surface area contributed by atoms with E-state index in [4.69, 9.17) is 11.6 Å². The predicted molar refractivity (Wildman–Crippen MR) is 96.1 cm³/mol. The molecule has 0 saturated heterocycles. The van der Waals surface area contributed by atoms with Gasteiger partial charge in [-0.15, -0.1) is 0 Å². The van der Waals surface area contributed by atoms with Crippen molar-refractivity contribution in [1.29, 1.82) is 0 Å². The van der Waals surface area contributed by atoms with E-state index in [9.17, 15) is 8.78 Å². The molecule has 130 valence electrons. The molecule has 0 aliphatic rings.